The summed E-state index contributed by atoms with van der Waals surface area (Å²) >= 11 is 0. The van der Waals surface area contributed by atoms with Gasteiger partial charge >= 0.3 is 0 Å². The molecule has 0 atom stereocenters. The summed E-state index contributed by atoms with van der Waals surface area (Å²) in [5.41, 5.74) is 5.42. The molecule has 1 amide bonds. The Morgan fingerprint density at radius 3 is 2.15 bits per heavy atom. The van der Waals surface area contributed by atoms with Crippen LogP contribution in [0.2, 0.25) is 0 Å². The molecular formula is C13H21N3O3S. The average Bonchev–Trinajstić information content (AvgIpc) is 2.26. The molecule has 1 rings (SSSR count). The SMILES string of the molecule is CN(C)S(=O)(=O)c1ccc(NC(C)(C)CC(N)=O)cc1. The maximum Gasteiger partial charge on any atom is 0.242 e. The highest BCUT2D eigenvalue weighted by molar-refractivity contribution is 7.89. The number of nitrogens with zero attached hydrogens (tertiary/aromatic N) is 1. The Morgan fingerprint density at radius 1 is 1.25 bits per heavy atom. The van der Waals surface area contributed by atoms with Crippen molar-refractivity contribution >= 4 is 21.6 Å². The predicted octanol–water partition coefficient (Wildman–Crippen LogP) is 1.00. The molecular weight excluding hydrogens is 278 g/mol. The minimum absolute atomic E-state index is 0.185. The van der Waals surface area contributed by atoms with Gasteiger partial charge in [0.25, 0.3) is 0 Å². The predicted molar refractivity (Wildman–Crippen MR) is 78.8 cm³/mol. The van der Waals surface area contributed by atoms with Gasteiger partial charge in [0.05, 0.1) is 4.90 Å². The lowest BCUT2D eigenvalue weighted by molar-refractivity contribution is -0.118. The highest BCUT2D eigenvalue weighted by atomic mass is 32.2. The zero-order valence-corrected chi connectivity index (χ0v) is 13.0. The molecule has 20 heavy (non-hydrogen) atoms. The quantitative estimate of drug-likeness (QED) is 0.819. The van der Waals surface area contributed by atoms with E-state index in [-0.39, 0.29) is 11.3 Å². The van der Waals surface area contributed by atoms with E-state index >= 15 is 0 Å². The Hall–Kier alpha value is -1.60. The van der Waals surface area contributed by atoms with Crippen LogP contribution in [0.15, 0.2) is 29.2 Å². The number of nitrogens with one attached hydrogen (secondary N) is 1. The minimum atomic E-state index is -3.42. The van der Waals surface area contributed by atoms with E-state index in [1.165, 1.54) is 26.2 Å². The highest BCUT2D eigenvalue weighted by Gasteiger charge is 2.21. The summed E-state index contributed by atoms with van der Waals surface area (Å²) in [5.74, 6) is -0.394. The second-order valence-corrected chi connectivity index (χ2v) is 7.62. The second-order valence-electron chi connectivity index (χ2n) is 5.46. The highest BCUT2D eigenvalue weighted by Crippen LogP contribution is 2.21. The van der Waals surface area contributed by atoms with Crippen LogP contribution in [0, 0.1) is 0 Å². The number of hydrogen-bond donors (Lipinski definition) is 2. The number of nitrogens with two attached hydrogens (primary N) is 1. The van der Waals surface area contributed by atoms with Crippen LogP contribution in [0.4, 0.5) is 5.69 Å². The van der Waals surface area contributed by atoms with Crippen LogP contribution in [0.25, 0.3) is 0 Å². The van der Waals surface area contributed by atoms with Crippen LogP contribution in [-0.2, 0) is 14.8 Å². The first kappa shape index (κ1) is 16.5. The summed E-state index contributed by atoms with van der Waals surface area (Å²) < 4.78 is 25.0. The van der Waals surface area contributed by atoms with Crippen LogP contribution >= 0.6 is 0 Å². The fourth-order valence-electron chi connectivity index (χ4n) is 1.79. The summed E-state index contributed by atoms with van der Waals surface area (Å²) in [6, 6.07) is 6.38. The van der Waals surface area contributed by atoms with E-state index in [0.717, 1.165) is 9.99 Å². The fourth-order valence-corrected chi connectivity index (χ4v) is 2.69. The monoisotopic (exact) mass is 299 g/mol. The van der Waals surface area contributed by atoms with Gasteiger partial charge in [-0.15, -0.1) is 0 Å². The summed E-state index contributed by atoms with van der Waals surface area (Å²) in [5, 5.41) is 3.15. The lowest BCUT2D eigenvalue weighted by Crippen LogP contribution is -2.36. The van der Waals surface area contributed by atoms with Gasteiger partial charge in [0, 0.05) is 31.7 Å². The Balaban J connectivity index is 2.90. The minimum Gasteiger partial charge on any atom is -0.380 e. The van der Waals surface area contributed by atoms with Gasteiger partial charge in [0.15, 0.2) is 0 Å². The third-order valence-corrected chi connectivity index (χ3v) is 4.56. The van der Waals surface area contributed by atoms with Crippen LogP contribution in [0.1, 0.15) is 20.3 Å². The number of primary amides is 1. The molecule has 1 aromatic rings. The van der Waals surface area contributed by atoms with Gasteiger partial charge in [0.1, 0.15) is 0 Å². The Kier molecular flexibility index (Phi) is 4.77. The van der Waals surface area contributed by atoms with Crippen LogP contribution < -0.4 is 11.1 Å². The molecule has 0 aliphatic heterocycles. The molecule has 6 nitrogen and oxygen atoms in total. The number of hydrogen-bond acceptors (Lipinski definition) is 4. The van der Waals surface area contributed by atoms with Gasteiger partial charge in [-0.25, -0.2) is 12.7 Å². The molecule has 0 unspecified atom stereocenters. The van der Waals surface area contributed by atoms with E-state index in [1.54, 1.807) is 12.1 Å². The van der Waals surface area contributed by atoms with E-state index in [1.807, 2.05) is 13.8 Å². The Morgan fingerprint density at radius 2 is 1.75 bits per heavy atom. The summed E-state index contributed by atoms with van der Waals surface area (Å²) in [7, 11) is -0.458. The van der Waals surface area contributed by atoms with Crippen LogP contribution in [0.3, 0.4) is 0 Å². The molecule has 0 saturated heterocycles. The third-order valence-electron chi connectivity index (χ3n) is 2.73. The molecule has 112 valence electrons. The van der Waals surface area contributed by atoms with Gasteiger partial charge in [-0.2, -0.15) is 0 Å². The Bertz CT molecular complexity index is 577. The molecule has 0 aliphatic rings. The van der Waals surface area contributed by atoms with E-state index in [9.17, 15) is 13.2 Å². The molecule has 0 aliphatic carbocycles. The van der Waals surface area contributed by atoms with E-state index in [4.69, 9.17) is 5.73 Å². The van der Waals surface area contributed by atoms with Crippen molar-refractivity contribution in [3.8, 4) is 0 Å². The van der Waals surface area contributed by atoms with E-state index < -0.39 is 21.5 Å². The molecule has 7 heteroatoms. The molecule has 1 aromatic carbocycles. The van der Waals surface area contributed by atoms with Crippen molar-refractivity contribution in [3.63, 3.8) is 0 Å². The topological polar surface area (TPSA) is 92.5 Å². The number of rotatable bonds is 6. The zero-order valence-electron chi connectivity index (χ0n) is 12.2. The number of amides is 1. The van der Waals surface area contributed by atoms with Gasteiger partial charge in [-0.1, -0.05) is 0 Å². The van der Waals surface area contributed by atoms with Crippen molar-refractivity contribution in [3.05, 3.63) is 24.3 Å². The molecule has 0 radical (unpaired) electrons. The van der Waals surface area contributed by atoms with Crippen molar-refractivity contribution in [1.82, 2.24) is 4.31 Å². The Labute approximate surface area is 120 Å². The molecule has 0 heterocycles. The zero-order chi connectivity index (χ0) is 15.6. The van der Waals surface area contributed by atoms with Crippen LogP contribution in [-0.4, -0.2) is 38.3 Å². The molecule has 3 N–H and O–H groups in total. The lowest BCUT2D eigenvalue weighted by Gasteiger charge is -2.26. The van der Waals surface area contributed by atoms with Gasteiger partial charge in [-0.3, -0.25) is 4.79 Å². The van der Waals surface area contributed by atoms with Gasteiger partial charge in [0.2, 0.25) is 15.9 Å². The summed E-state index contributed by atoms with van der Waals surface area (Å²) in [6.07, 6.45) is 0.185. The standard InChI is InChI=1S/C13H21N3O3S/c1-13(2,9-12(14)17)15-10-5-7-11(8-6-10)20(18,19)16(3)4/h5-8,15H,9H2,1-4H3,(H2,14,17). The van der Waals surface area contributed by atoms with Crippen molar-refractivity contribution < 1.29 is 13.2 Å². The lowest BCUT2D eigenvalue weighted by atomic mass is 10.00. The summed E-state index contributed by atoms with van der Waals surface area (Å²) in [6.45, 7) is 3.70. The molecule has 0 bridgehead atoms. The molecule has 0 fully saturated rings. The largest absolute Gasteiger partial charge is 0.380 e. The number of anilines is 1. The average molecular weight is 299 g/mol. The normalized spacial score (nSPS) is 12.4. The number of sulfonamides is 1. The van der Waals surface area contributed by atoms with E-state index in [0.29, 0.717) is 0 Å². The summed E-state index contributed by atoms with van der Waals surface area (Å²) in [4.78, 5) is 11.2. The van der Waals surface area contributed by atoms with Crippen molar-refractivity contribution in [2.45, 2.75) is 30.7 Å². The first-order chi connectivity index (χ1) is 9.04. The van der Waals surface area contributed by atoms with Crippen molar-refractivity contribution in [1.29, 1.82) is 0 Å². The smallest absolute Gasteiger partial charge is 0.242 e. The van der Waals surface area contributed by atoms with Gasteiger partial charge < -0.3 is 11.1 Å². The van der Waals surface area contributed by atoms with Crippen LogP contribution in [0.5, 0.6) is 0 Å². The van der Waals surface area contributed by atoms with E-state index in [2.05, 4.69) is 5.32 Å². The second kappa shape index (κ2) is 5.80. The fraction of sp³-hybridized carbons (Fsp3) is 0.462. The maximum atomic E-state index is 11.9. The number of benzene rings is 1. The van der Waals surface area contributed by atoms with Crippen molar-refractivity contribution in [2.24, 2.45) is 5.73 Å². The molecule has 0 spiro atoms. The van der Waals surface area contributed by atoms with Gasteiger partial charge in [-0.05, 0) is 38.1 Å². The third kappa shape index (κ3) is 4.21. The van der Waals surface area contributed by atoms with Crippen molar-refractivity contribution in [2.75, 3.05) is 19.4 Å². The first-order valence-corrected chi connectivity index (χ1v) is 7.58. The molecule has 0 saturated carbocycles. The maximum absolute atomic E-state index is 11.9. The first-order valence-electron chi connectivity index (χ1n) is 6.14. The number of carbonyl (C=O) groups excluding carboxylic acids is 1. The number of carbonyl (C=O) groups is 1. The molecule has 0 aromatic heterocycles.